The number of nitrogens with zero attached hydrogens (tertiary/aromatic N) is 1. The van der Waals surface area contributed by atoms with Gasteiger partial charge >= 0.3 is 0 Å². The second-order valence-corrected chi connectivity index (χ2v) is 4.39. The van der Waals surface area contributed by atoms with Crippen molar-refractivity contribution in [3.63, 3.8) is 0 Å². The highest BCUT2D eigenvalue weighted by Crippen LogP contribution is 2.21. The Hall–Kier alpha value is -0.930. The topological polar surface area (TPSA) is 34.1 Å². The third-order valence-electron chi connectivity index (χ3n) is 3.26. The quantitative estimate of drug-likeness (QED) is 0.844. The molecule has 1 N–H and O–H groups in total. The number of aromatic nitrogens is 1. The van der Waals surface area contributed by atoms with Gasteiger partial charge in [-0.25, -0.2) is 0 Å². The van der Waals surface area contributed by atoms with E-state index in [1.165, 1.54) is 25.7 Å². The molecule has 1 heterocycles. The molecule has 88 valence electrons. The van der Waals surface area contributed by atoms with Gasteiger partial charge in [-0.1, -0.05) is 18.9 Å². The van der Waals surface area contributed by atoms with Crippen LogP contribution in [-0.2, 0) is 11.3 Å². The van der Waals surface area contributed by atoms with Crippen LogP contribution in [0.3, 0.4) is 0 Å². The van der Waals surface area contributed by atoms with Crippen molar-refractivity contribution in [2.75, 3.05) is 7.05 Å². The molecular formula is C13H20N2O. The fraction of sp³-hybridized carbons (Fsp3) is 0.615. The zero-order valence-electron chi connectivity index (χ0n) is 9.86. The molecule has 0 bridgehead atoms. The summed E-state index contributed by atoms with van der Waals surface area (Å²) in [4.78, 5) is 4.09. The number of pyridine rings is 1. The second kappa shape index (κ2) is 5.97. The second-order valence-electron chi connectivity index (χ2n) is 4.39. The van der Waals surface area contributed by atoms with E-state index in [0.29, 0.717) is 18.8 Å². The van der Waals surface area contributed by atoms with Gasteiger partial charge in [-0.05, 0) is 31.5 Å². The summed E-state index contributed by atoms with van der Waals surface area (Å²) < 4.78 is 5.97. The van der Waals surface area contributed by atoms with Gasteiger partial charge < -0.3 is 10.1 Å². The summed E-state index contributed by atoms with van der Waals surface area (Å²) in [5, 5.41) is 3.35. The molecule has 2 unspecified atom stereocenters. The lowest BCUT2D eigenvalue weighted by Crippen LogP contribution is -2.41. The maximum Gasteiger partial charge on any atom is 0.0736 e. The lowest BCUT2D eigenvalue weighted by molar-refractivity contribution is -0.00371. The molecule has 2 atom stereocenters. The van der Waals surface area contributed by atoms with E-state index in [0.717, 1.165) is 5.56 Å². The molecule has 0 saturated heterocycles. The molecule has 3 nitrogen and oxygen atoms in total. The summed E-state index contributed by atoms with van der Waals surface area (Å²) in [6.45, 7) is 0.677. The van der Waals surface area contributed by atoms with Crippen molar-refractivity contribution >= 4 is 0 Å². The van der Waals surface area contributed by atoms with E-state index in [1.54, 1.807) is 6.20 Å². The van der Waals surface area contributed by atoms with Gasteiger partial charge in [0.2, 0.25) is 0 Å². The molecule has 2 rings (SSSR count). The zero-order valence-corrected chi connectivity index (χ0v) is 9.86. The van der Waals surface area contributed by atoms with Gasteiger partial charge in [0, 0.05) is 18.4 Å². The van der Waals surface area contributed by atoms with Gasteiger partial charge in [-0.2, -0.15) is 0 Å². The van der Waals surface area contributed by atoms with Gasteiger partial charge in [-0.3, -0.25) is 4.98 Å². The molecule has 0 radical (unpaired) electrons. The number of nitrogens with one attached hydrogen (secondary N) is 1. The highest BCUT2D eigenvalue weighted by molar-refractivity contribution is 5.06. The molecule has 1 aromatic heterocycles. The molecule has 0 spiro atoms. The Morgan fingerprint density at radius 1 is 1.44 bits per heavy atom. The predicted molar refractivity (Wildman–Crippen MR) is 64.1 cm³/mol. The van der Waals surface area contributed by atoms with Gasteiger partial charge in [0.15, 0.2) is 0 Å². The Morgan fingerprint density at radius 3 is 3.06 bits per heavy atom. The summed E-state index contributed by atoms with van der Waals surface area (Å²) >= 11 is 0. The molecule has 1 aliphatic rings. The van der Waals surface area contributed by atoms with E-state index in [9.17, 15) is 0 Å². The van der Waals surface area contributed by atoms with Crippen molar-refractivity contribution in [3.8, 4) is 0 Å². The van der Waals surface area contributed by atoms with E-state index >= 15 is 0 Å². The Bertz CT molecular complexity index is 302. The first kappa shape index (κ1) is 11.6. The number of likely N-dealkylation sites (N-methyl/N-ethyl adjacent to an activating group) is 1. The average Bonchev–Trinajstić information content (AvgIpc) is 2.38. The highest BCUT2D eigenvalue weighted by Gasteiger charge is 2.24. The molecule has 0 aliphatic heterocycles. The average molecular weight is 220 g/mol. The van der Waals surface area contributed by atoms with Crippen LogP contribution in [-0.4, -0.2) is 24.2 Å². The van der Waals surface area contributed by atoms with Gasteiger partial charge in [-0.15, -0.1) is 0 Å². The molecule has 0 aromatic carbocycles. The first-order valence-electron chi connectivity index (χ1n) is 6.08. The maximum absolute atomic E-state index is 5.97. The van der Waals surface area contributed by atoms with Crippen molar-refractivity contribution in [1.82, 2.24) is 10.3 Å². The van der Waals surface area contributed by atoms with Crippen LogP contribution in [0.5, 0.6) is 0 Å². The summed E-state index contributed by atoms with van der Waals surface area (Å²) in [5.74, 6) is 0. The third kappa shape index (κ3) is 3.03. The van der Waals surface area contributed by atoms with E-state index in [1.807, 2.05) is 19.3 Å². The largest absolute Gasteiger partial charge is 0.372 e. The van der Waals surface area contributed by atoms with Crippen LogP contribution in [0.1, 0.15) is 31.2 Å². The predicted octanol–water partition coefficient (Wildman–Crippen LogP) is 2.13. The Morgan fingerprint density at radius 2 is 2.31 bits per heavy atom. The molecule has 0 amide bonds. The molecule has 3 heteroatoms. The van der Waals surface area contributed by atoms with Crippen molar-refractivity contribution in [2.45, 2.75) is 44.4 Å². The zero-order chi connectivity index (χ0) is 11.2. The maximum atomic E-state index is 5.97. The van der Waals surface area contributed by atoms with Crippen LogP contribution in [0.15, 0.2) is 24.5 Å². The third-order valence-corrected chi connectivity index (χ3v) is 3.26. The molecule has 16 heavy (non-hydrogen) atoms. The fourth-order valence-electron chi connectivity index (χ4n) is 2.31. The van der Waals surface area contributed by atoms with Crippen LogP contribution in [0.25, 0.3) is 0 Å². The minimum atomic E-state index is 0.360. The molecule has 1 fully saturated rings. The van der Waals surface area contributed by atoms with Crippen molar-refractivity contribution in [3.05, 3.63) is 30.1 Å². The molecule has 1 aliphatic carbocycles. The van der Waals surface area contributed by atoms with Crippen LogP contribution in [0, 0.1) is 0 Å². The highest BCUT2D eigenvalue weighted by atomic mass is 16.5. The van der Waals surface area contributed by atoms with E-state index in [-0.39, 0.29) is 0 Å². The van der Waals surface area contributed by atoms with Crippen LogP contribution < -0.4 is 5.32 Å². The van der Waals surface area contributed by atoms with Gasteiger partial charge in [0.25, 0.3) is 0 Å². The van der Waals surface area contributed by atoms with Crippen LogP contribution >= 0.6 is 0 Å². The van der Waals surface area contributed by atoms with Crippen LogP contribution in [0.4, 0.5) is 0 Å². The minimum absolute atomic E-state index is 0.360. The number of rotatable bonds is 4. The lowest BCUT2D eigenvalue weighted by atomic mass is 9.92. The Balaban J connectivity index is 1.84. The van der Waals surface area contributed by atoms with Crippen molar-refractivity contribution in [1.29, 1.82) is 0 Å². The monoisotopic (exact) mass is 220 g/mol. The first-order chi connectivity index (χ1) is 7.90. The lowest BCUT2D eigenvalue weighted by Gasteiger charge is -2.31. The molecule has 1 saturated carbocycles. The Kier molecular flexibility index (Phi) is 4.31. The van der Waals surface area contributed by atoms with Crippen molar-refractivity contribution in [2.24, 2.45) is 0 Å². The summed E-state index contributed by atoms with van der Waals surface area (Å²) in [7, 11) is 2.02. The minimum Gasteiger partial charge on any atom is -0.372 e. The summed E-state index contributed by atoms with van der Waals surface area (Å²) in [6.07, 6.45) is 9.03. The normalized spacial score (nSPS) is 25.6. The number of hydrogen-bond acceptors (Lipinski definition) is 3. The van der Waals surface area contributed by atoms with E-state index < -0.39 is 0 Å². The Labute approximate surface area is 97.2 Å². The van der Waals surface area contributed by atoms with E-state index in [4.69, 9.17) is 4.74 Å². The van der Waals surface area contributed by atoms with Crippen LogP contribution in [0.2, 0.25) is 0 Å². The van der Waals surface area contributed by atoms with Crippen molar-refractivity contribution < 1.29 is 4.74 Å². The van der Waals surface area contributed by atoms with Gasteiger partial charge in [0.05, 0.1) is 12.7 Å². The molecular weight excluding hydrogens is 200 g/mol. The standard InChI is InChI=1S/C13H20N2O/c1-14-12-6-2-3-7-13(12)16-10-11-5-4-8-15-9-11/h4-5,8-9,12-14H,2-3,6-7,10H2,1H3. The summed E-state index contributed by atoms with van der Waals surface area (Å²) in [5.41, 5.74) is 1.16. The SMILES string of the molecule is CNC1CCCCC1OCc1cccnc1. The number of ether oxygens (including phenoxy) is 1. The van der Waals surface area contributed by atoms with E-state index in [2.05, 4.69) is 16.4 Å². The number of hydrogen-bond donors (Lipinski definition) is 1. The van der Waals surface area contributed by atoms with Gasteiger partial charge in [0.1, 0.15) is 0 Å². The summed E-state index contributed by atoms with van der Waals surface area (Å²) in [6, 6.07) is 4.53. The molecule has 1 aromatic rings. The smallest absolute Gasteiger partial charge is 0.0736 e. The fourth-order valence-corrected chi connectivity index (χ4v) is 2.31. The first-order valence-corrected chi connectivity index (χ1v) is 6.08.